The summed E-state index contributed by atoms with van der Waals surface area (Å²) in [6, 6.07) is 4.44. The van der Waals surface area contributed by atoms with E-state index in [1.165, 1.54) is 16.4 Å². The lowest BCUT2D eigenvalue weighted by Gasteiger charge is -2.30. The molecule has 2 fully saturated rings. The number of hydrogen-bond donors (Lipinski definition) is 2. The minimum Gasteiger partial charge on any atom is -0.376 e. The predicted octanol–water partition coefficient (Wildman–Crippen LogP) is 1.49. The number of nitro benzene ring substituents is 1. The molecule has 2 heterocycles. The van der Waals surface area contributed by atoms with Crippen molar-refractivity contribution in [2.24, 2.45) is 5.92 Å². The van der Waals surface area contributed by atoms with E-state index in [0.717, 1.165) is 45.3 Å². The van der Waals surface area contributed by atoms with Gasteiger partial charge in [-0.2, -0.15) is 4.31 Å². The van der Waals surface area contributed by atoms with Crippen molar-refractivity contribution in [1.82, 2.24) is 4.31 Å². The lowest BCUT2D eigenvalue weighted by atomic mass is 10.0. The maximum Gasteiger partial charge on any atom is 0.293 e. The SMILES string of the molecule is CC[NH+]1CCC(Nc2ccc(S(=O)(=O)N3CCC(C)CC3)cc2[N+](=O)[O-])CC1. The number of nitro groups is 1. The Balaban J connectivity index is 1.78. The van der Waals surface area contributed by atoms with Crippen molar-refractivity contribution in [1.29, 1.82) is 0 Å². The van der Waals surface area contributed by atoms with Gasteiger partial charge in [-0.05, 0) is 37.8 Å². The highest BCUT2D eigenvalue weighted by Gasteiger charge is 2.31. The number of hydrogen-bond acceptors (Lipinski definition) is 5. The molecule has 2 N–H and O–H groups in total. The van der Waals surface area contributed by atoms with Crippen LogP contribution < -0.4 is 10.2 Å². The second kappa shape index (κ2) is 8.75. The van der Waals surface area contributed by atoms with Gasteiger partial charge in [-0.15, -0.1) is 0 Å². The number of likely N-dealkylation sites (tertiary alicyclic amines) is 1. The molecule has 0 atom stereocenters. The summed E-state index contributed by atoms with van der Waals surface area (Å²) in [6.45, 7) is 8.39. The first-order valence-corrected chi connectivity index (χ1v) is 11.6. The van der Waals surface area contributed by atoms with Crippen molar-refractivity contribution < 1.29 is 18.2 Å². The molecule has 0 unspecified atom stereocenters. The van der Waals surface area contributed by atoms with Gasteiger partial charge in [0.2, 0.25) is 10.0 Å². The number of nitrogens with zero attached hydrogens (tertiary/aromatic N) is 2. The van der Waals surface area contributed by atoms with E-state index in [-0.39, 0.29) is 16.6 Å². The zero-order valence-electron chi connectivity index (χ0n) is 16.7. The van der Waals surface area contributed by atoms with E-state index in [2.05, 4.69) is 19.2 Å². The maximum absolute atomic E-state index is 12.9. The highest BCUT2D eigenvalue weighted by Crippen LogP contribution is 2.31. The van der Waals surface area contributed by atoms with Gasteiger partial charge in [-0.25, -0.2) is 8.42 Å². The molecule has 2 saturated heterocycles. The summed E-state index contributed by atoms with van der Waals surface area (Å²) >= 11 is 0. The van der Waals surface area contributed by atoms with Gasteiger partial charge in [-0.1, -0.05) is 6.92 Å². The van der Waals surface area contributed by atoms with Gasteiger partial charge >= 0.3 is 0 Å². The zero-order chi connectivity index (χ0) is 20.3. The molecule has 1 aromatic carbocycles. The first kappa shape index (κ1) is 21.0. The second-order valence-electron chi connectivity index (χ2n) is 8.04. The molecule has 8 nitrogen and oxygen atoms in total. The molecule has 2 aliphatic heterocycles. The molecule has 156 valence electrons. The summed E-state index contributed by atoms with van der Waals surface area (Å²) in [5.41, 5.74) is 0.234. The highest BCUT2D eigenvalue weighted by molar-refractivity contribution is 7.89. The van der Waals surface area contributed by atoms with Crippen LogP contribution in [0.2, 0.25) is 0 Å². The van der Waals surface area contributed by atoms with Crippen molar-refractivity contribution in [3.8, 4) is 0 Å². The molecule has 0 spiro atoms. The molecule has 0 bridgehead atoms. The summed E-state index contributed by atoms with van der Waals surface area (Å²) in [6.07, 6.45) is 3.54. The average molecular weight is 412 g/mol. The van der Waals surface area contributed by atoms with Crippen molar-refractivity contribution in [3.63, 3.8) is 0 Å². The largest absolute Gasteiger partial charge is 0.376 e. The van der Waals surface area contributed by atoms with Crippen LogP contribution in [0.4, 0.5) is 11.4 Å². The summed E-state index contributed by atoms with van der Waals surface area (Å²) in [5, 5.41) is 14.9. The number of quaternary nitrogens is 1. The summed E-state index contributed by atoms with van der Waals surface area (Å²) < 4.78 is 27.3. The molecule has 0 aliphatic carbocycles. The second-order valence-corrected chi connectivity index (χ2v) is 9.98. The Bertz CT molecular complexity index is 798. The number of sulfonamides is 1. The molecular formula is C19H31N4O4S+. The molecule has 0 saturated carbocycles. The van der Waals surface area contributed by atoms with Gasteiger partial charge < -0.3 is 10.2 Å². The Labute approximate surface area is 167 Å². The molecule has 9 heteroatoms. The fourth-order valence-corrected chi connectivity index (χ4v) is 5.55. The first-order valence-electron chi connectivity index (χ1n) is 10.2. The lowest BCUT2D eigenvalue weighted by molar-refractivity contribution is -0.903. The van der Waals surface area contributed by atoms with Crippen LogP contribution in [0.15, 0.2) is 23.1 Å². The van der Waals surface area contributed by atoms with Gasteiger partial charge in [0.15, 0.2) is 0 Å². The Morgan fingerprint density at radius 2 is 1.86 bits per heavy atom. The minimum atomic E-state index is -3.70. The fraction of sp³-hybridized carbons (Fsp3) is 0.684. The van der Waals surface area contributed by atoms with Crippen LogP contribution in [0.3, 0.4) is 0 Å². The molecule has 0 radical (unpaired) electrons. The molecular weight excluding hydrogens is 380 g/mol. The Kier molecular flexibility index (Phi) is 6.57. The van der Waals surface area contributed by atoms with Crippen LogP contribution in [0.25, 0.3) is 0 Å². The van der Waals surface area contributed by atoms with Crippen LogP contribution in [0.5, 0.6) is 0 Å². The summed E-state index contributed by atoms with van der Waals surface area (Å²) in [4.78, 5) is 12.7. The number of benzene rings is 1. The molecule has 28 heavy (non-hydrogen) atoms. The third-order valence-corrected chi connectivity index (χ3v) is 7.99. The lowest BCUT2D eigenvalue weighted by Crippen LogP contribution is -3.13. The van der Waals surface area contributed by atoms with Crippen molar-refractivity contribution >= 4 is 21.4 Å². The van der Waals surface area contributed by atoms with Crippen LogP contribution in [0, 0.1) is 16.0 Å². The van der Waals surface area contributed by atoms with Crippen molar-refractivity contribution in [2.75, 3.05) is 38.0 Å². The van der Waals surface area contributed by atoms with Crippen LogP contribution in [0.1, 0.15) is 39.5 Å². The average Bonchev–Trinajstić information content (AvgIpc) is 2.69. The molecule has 0 aromatic heterocycles. The Morgan fingerprint density at radius 3 is 2.43 bits per heavy atom. The number of nitrogens with one attached hydrogen (secondary N) is 2. The van der Waals surface area contributed by atoms with Crippen molar-refractivity contribution in [2.45, 2.75) is 50.5 Å². The highest BCUT2D eigenvalue weighted by atomic mass is 32.2. The summed E-state index contributed by atoms with van der Waals surface area (Å²) in [5.74, 6) is 0.508. The monoisotopic (exact) mass is 411 g/mol. The maximum atomic E-state index is 12.9. The molecule has 2 aliphatic rings. The first-order chi connectivity index (χ1) is 13.3. The van der Waals surface area contributed by atoms with Gasteiger partial charge in [0.25, 0.3) is 5.69 Å². The zero-order valence-corrected chi connectivity index (χ0v) is 17.5. The normalized spacial score (nSPS) is 24.8. The number of piperidine rings is 2. The fourth-order valence-electron chi connectivity index (χ4n) is 4.06. The van der Waals surface area contributed by atoms with Crippen LogP contribution in [-0.2, 0) is 10.0 Å². The van der Waals surface area contributed by atoms with E-state index in [9.17, 15) is 18.5 Å². The summed E-state index contributed by atoms with van der Waals surface area (Å²) in [7, 11) is -3.70. The smallest absolute Gasteiger partial charge is 0.293 e. The van der Waals surface area contributed by atoms with Gasteiger partial charge in [0.1, 0.15) is 5.69 Å². The third kappa shape index (κ3) is 4.64. The minimum absolute atomic E-state index is 0.00421. The van der Waals surface area contributed by atoms with E-state index >= 15 is 0 Å². The topological polar surface area (TPSA) is 97.0 Å². The molecule has 3 rings (SSSR count). The van der Waals surface area contributed by atoms with Crippen LogP contribution >= 0.6 is 0 Å². The quantitative estimate of drug-likeness (QED) is 0.546. The number of anilines is 1. The standard InChI is InChI=1S/C19H30N4O4S/c1-3-21-10-8-16(9-11-21)20-18-5-4-17(14-19(18)23(24)25)28(26,27)22-12-6-15(2)7-13-22/h4-5,14-16,20H,3,6-13H2,1-2H3/p+1. The number of rotatable bonds is 6. The Morgan fingerprint density at radius 1 is 1.21 bits per heavy atom. The van der Waals surface area contributed by atoms with E-state index in [4.69, 9.17) is 0 Å². The molecule has 0 amide bonds. The Hall–Kier alpha value is -1.71. The predicted molar refractivity (Wildman–Crippen MR) is 108 cm³/mol. The van der Waals surface area contributed by atoms with Gasteiger partial charge in [0, 0.05) is 38.0 Å². The van der Waals surface area contributed by atoms with E-state index < -0.39 is 14.9 Å². The molecule has 1 aromatic rings. The van der Waals surface area contributed by atoms with Gasteiger partial charge in [-0.3, -0.25) is 10.1 Å². The van der Waals surface area contributed by atoms with E-state index in [0.29, 0.717) is 24.7 Å². The third-order valence-electron chi connectivity index (χ3n) is 6.10. The van der Waals surface area contributed by atoms with E-state index in [1.54, 1.807) is 11.0 Å². The van der Waals surface area contributed by atoms with E-state index in [1.807, 2.05) is 0 Å². The van der Waals surface area contributed by atoms with Crippen LogP contribution in [-0.4, -0.2) is 56.4 Å². The van der Waals surface area contributed by atoms with Crippen molar-refractivity contribution in [3.05, 3.63) is 28.3 Å². The van der Waals surface area contributed by atoms with Gasteiger partial charge in [0.05, 0.1) is 29.5 Å².